The number of methoxy groups -OCH3 is 1. The highest BCUT2D eigenvalue weighted by molar-refractivity contribution is 9.11. The van der Waals surface area contributed by atoms with Gasteiger partial charge in [-0.25, -0.2) is 4.39 Å². The highest BCUT2D eigenvalue weighted by Crippen LogP contribution is 2.34. The van der Waals surface area contributed by atoms with E-state index in [1.807, 2.05) is 0 Å². The summed E-state index contributed by atoms with van der Waals surface area (Å²) in [6.07, 6.45) is 0. The molecule has 0 heterocycles. The summed E-state index contributed by atoms with van der Waals surface area (Å²) in [5.74, 6) is -0.133. The molecule has 2 aromatic rings. The lowest BCUT2D eigenvalue weighted by Gasteiger charge is -2.10. The van der Waals surface area contributed by atoms with Crippen LogP contribution in [0.4, 0.5) is 10.1 Å². The van der Waals surface area contributed by atoms with Crippen LogP contribution in [0.3, 0.4) is 0 Å². The third kappa shape index (κ3) is 3.37. The van der Waals surface area contributed by atoms with Gasteiger partial charge in [-0.05, 0) is 62.2 Å². The highest BCUT2D eigenvalue weighted by Gasteiger charge is 2.13. The summed E-state index contributed by atoms with van der Waals surface area (Å²) in [6.45, 7) is 0. The minimum Gasteiger partial charge on any atom is -0.494 e. The van der Waals surface area contributed by atoms with E-state index < -0.39 is 5.82 Å². The Morgan fingerprint density at radius 1 is 1.20 bits per heavy atom. The normalized spacial score (nSPS) is 10.2. The summed E-state index contributed by atoms with van der Waals surface area (Å²) in [4.78, 5) is 12.1. The maximum absolute atomic E-state index is 13.1. The first kappa shape index (κ1) is 15.0. The average molecular weight is 403 g/mol. The van der Waals surface area contributed by atoms with Gasteiger partial charge in [0.2, 0.25) is 0 Å². The summed E-state index contributed by atoms with van der Waals surface area (Å²) < 4.78 is 19.5. The second-order valence-corrected chi connectivity index (χ2v) is 5.65. The molecule has 20 heavy (non-hydrogen) atoms. The molecule has 0 aliphatic heterocycles. The Labute approximate surface area is 132 Å². The molecule has 0 fully saturated rings. The van der Waals surface area contributed by atoms with E-state index in [-0.39, 0.29) is 5.91 Å². The predicted octanol–water partition coefficient (Wildman–Crippen LogP) is 4.61. The monoisotopic (exact) mass is 401 g/mol. The maximum Gasteiger partial charge on any atom is 0.255 e. The van der Waals surface area contributed by atoms with Crippen molar-refractivity contribution in [2.24, 2.45) is 0 Å². The number of anilines is 1. The van der Waals surface area contributed by atoms with Gasteiger partial charge in [-0.1, -0.05) is 6.07 Å². The van der Waals surface area contributed by atoms with Crippen LogP contribution in [0.15, 0.2) is 45.3 Å². The van der Waals surface area contributed by atoms with Gasteiger partial charge in [-0.3, -0.25) is 4.79 Å². The SMILES string of the molecule is COc1c(Br)cc(C(=O)Nc2cccc(F)c2)cc1Br. The molecular formula is C14H10Br2FNO2. The van der Waals surface area contributed by atoms with Crippen molar-refractivity contribution in [3.05, 3.63) is 56.7 Å². The third-order valence-electron chi connectivity index (χ3n) is 2.55. The standard InChI is InChI=1S/C14H10Br2FNO2/c1-20-13-11(15)5-8(6-12(13)16)14(19)18-10-4-2-3-9(17)7-10/h2-7H,1H3,(H,18,19). The fraction of sp³-hybridized carbons (Fsp3) is 0.0714. The number of amides is 1. The molecule has 2 rings (SSSR count). The molecule has 0 unspecified atom stereocenters. The van der Waals surface area contributed by atoms with Crippen molar-refractivity contribution in [1.82, 2.24) is 0 Å². The first-order valence-corrected chi connectivity index (χ1v) is 7.20. The molecule has 1 amide bonds. The van der Waals surface area contributed by atoms with Gasteiger partial charge in [-0.2, -0.15) is 0 Å². The van der Waals surface area contributed by atoms with Gasteiger partial charge in [-0.15, -0.1) is 0 Å². The van der Waals surface area contributed by atoms with Crippen LogP contribution in [0.25, 0.3) is 0 Å². The van der Waals surface area contributed by atoms with Gasteiger partial charge >= 0.3 is 0 Å². The minimum absolute atomic E-state index is 0.334. The van der Waals surface area contributed by atoms with Gasteiger partial charge in [0.1, 0.15) is 11.6 Å². The largest absolute Gasteiger partial charge is 0.494 e. The topological polar surface area (TPSA) is 38.3 Å². The van der Waals surface area contributed by atoms with Crippen LogP contribution in [0, 0.1) is 5.82 Å². The number of carbonyl (C=O) groups excluding carboxylic acids is 1. The van der Waals surface area contributed by atoms with Gasteiger partial charge in [0, 0.05) is 11.3 Å². The van der Waals surface area contributed by atoms with Crippen LogP contribution >= 0.6 is 31.9 Å². The second kappa shape index (κ2) is 6.37. The molecule has 1 N–H and O–H groups in total. The fourth-order valence-electron chi connectivity index (χ4n) is 1.66. The lowest BCUT2D eigenvalue weighted by atomic mass is 10.2. The third-order valence-corrected chi connectivity index (χ3v) is 3.73. The van der Waals surface area contributed by atoms with Crippen molar-refractivity contribution < 1.29 is 13.9 Å². The van der Waals surface area contributed by atoms with E-state index in [0.29, 0.717) is 25.9 Å². The molecule has 3 nitrogen and oxygen atoms in total. The maximum atomic E-state index is 13.1. The van der Waals surface area contributed by atoms with Gasteiger partial charge in [0.15, 0.2) is 0 Å². The van der Waals surface area contributed by atoms with Gasteiger partial charge < -0.3 is 10.1 Å². The molecule has 0 radical (unpaired) electrons. The molecule has 0 aliphatic rings. The van der Waals surface area contributed by atoms with Gasteiger partial charge in [0.25, 0.3) is 5.91 Å². The Bertz CT molecular complexity index is 638. The summed E-state index contributed by atoms with van der Waals surface area (Å²) in [5, 5.41) is 2.63. The van der Waals surface area contributed by atoms with Gasteiger partial charge in [0.05, 0.1) is 16.1 Å². The van der Waals surface area contributed by atoms with E-state index in [1.165, 1.54) is 25.3 Å². The zero-order chi connectivity index (χ0) is 14.7. The summed E-state index contributed by atoms with van der Waals surface area (Å²) >= 11 is 6.66. The molecule has 0 bridgehead atoms. The van der Waals surface area contributed by atoms with E-state index in [1.54, 1.807) is 18.2 Å². The Balaban J connectivity index is 2.26. The van der Waals surface area contributed by atoms with E-state index in [4.69, 9.17) is 4.74 Å². The lowest BCUT2D eigenvalue weighted by Crippen LogP contribution is -2.12. The summed E-state index contributed by atoms with van der Waals surface area (Å²) in [5.41, 5.74) is 0.826. The fourth-order valence-corrected chi connectivity index (χ4v) is 3.17. The Hall–Kier alpha value is -1.40. The molecule has 2 aromatic carbocycles. The zero-order valence-electron chi connectivity index (χ0n) is 10.4. The number of hydrogen-bond acceptors (Lipinski definition) is 2. The van der Waals surface area contributed by atoms with Crippen LogP contribution in [-0.4, -0.2) is 13.0 Å². The molecule has 0 aromatic heterocycles. The van der Waals surface area contributed by atoms with Crippen LogP contribution < -0.4 is 10.1 Å². The second-order valence-electron chi connectivity index (χ2n) is 3.94. The predicted molar refractivity (Wildman–Crippen MR) is 82.7 cm³/mol. The Kier molecular flexibility index (Phi) is 4.77. The highest BCUT2D eigenvalue weighted by atomic mass is 79.9. The van der Waals surface area contributed by atoms with E-state index >= 15 is 0 Å². The molecular weight excluding hydrogens is 393 g/mol. The summed E-state index contributed by atoms with van der Waals surface area (Å²) in [6, 6.07) is 9.00. The number of hydrogen-bond donors (Lipinski definition) is 1. The van der Waals surface area contributed by atoms with Crippen molar-refractivity contribution >= 4 is 43.5 Å². The van der Waals surface area contributed by atoms with Crippen LogP contribution in [0.2, 0.25) is 0 Å². The molecule has 6 heteroatoms. The number of carbonyl (C=O) groups is 1. The van der Waals surface area contributed by atoms with Crippen molar-refractivity contribution in [2.75, 3.05) is 12.4 Å². The van der Waals surface area contributed by atoms with Crippen LogP contribution in [0.5, 0.6) is 5.75 Å². The van der Waals surface area contributed by atoms with Crippen molar-refractivity contribution in [2.45, 2.75) is 0 Å². The number of nitrogens with one attached hydrogen (secondary N) is 1. The first-order valence-electron chi connectivity index (χ1n) is 5.61. The van der Waals surface area contributed by atoms with Crippen molar-refractivity contribution in [3.8, 4) is 5.75 Å². The van der Waals surface area contributed by atoms with E-state index in [9.17, 15) is 9.18 Å². The number of ether oxygens (including phenoxy) is 1. The Morgan fingerprint density at radius 3 is 2.40 bits per heavy atom. The molecule has 0 atom stereocenters. The van der Waals surface area contributed by atoms with Crippen LogP contribution in [-0.2, 0) is 0 Å². The van der Waals surface area contributed by atoms with E-state index in [2.05, 4.69) is 37.2 Å². The number of rotatable bonds is 3. The molecule has 0 saturated heterocycles. The minimum atomic E-state index is -0.403. The quantitative estimate of drug-likeness (QED) is 0.813. The number of benzene rings is 2. The first-order chi connectivity index (χ1) is 9.51. The number of halogens is 3. The Morgan fingerprint density at radius 2 is 1.85 bits per heavy atom. The lowest BCUT2D eigenvalue weighted by molar-refractivity contribution is 0.102. The average Bonchev–Trinajstić information content (AvgIpc) is 2.38. The summed E-state index contributed by atoms with van der Waals surface area (Å²) in [7, 11) is 1.54. The molecule has 0 spiro atoms. The molecule has 0 aliphatic carbocycles. The molecule has 104 valence electrons. The molecule has 0 saturated carbocycles. The van der Waals surface area contributed by atoms with Crippen molar-refractivity contribution in [1.29, 1.82) is 0 Å². The zero-order valence-corrected chi connectivity index (χ0v) is 13.6. The van der Waals surface area contributed by atoms with E-state index in [0.717, 1.165) is 0 Å². The van der Waals surface area contributed by atoms with Crippen LogP contribution in [0.1, 0.15) is 10.4 Å². The van der Waals surface area contributed by atoms with Crippen molar-refractivity contribution in [3.63, 3.8) is 0 Å². The smallest absolute Gasteiger partial charge is 0.255 e.